The van der Waals surface area contributed by atoms with Gasteiger partial charge in [0.25, 0.3) is 0 Å². The van der Waals surface area contributed by atoms with Crippen LogP contribution in [0.3, 0.4) is 0 Å². The molecule has 0 spiro atoms. The first kappa shape index (κ1) is 13.2. The summed E-state index contributed by atoms with van der Waals surface area (Å²) in [5, 5.41) is 7.84. The third-order valence-electron chi connectivity index (χ3n) is 2.41. The summed E-state index contributed by atoms with van der Waals surface area (Å²) in [7, 11) is 1.74. The summed E-state index contributed by atoms with van der Waals surface area (Å²) >= 11 is 0. The van der Waals surface area contributed by atoms with Gasteiger partial charge < -0.3 is 10.1 Å². The fourth-order valence-corrected chi connectivity index (χ4v) is 1.54. The first-order valence-corrected chi connectivity index (χ1v) is 6.08. The third-order valence-corrected chi connectivity index (χ3v) is 2.41. The van der Waals surface area contributed by atoms with Crippen molar-refractivity contribution in [2.75, 3.05) is 20.3 Å². The lowest BCUT2D eigenvalue weighted by Gasteiger charge is -2.01. The summed E-state index contributed by atoms with van der Waals surface area (Å²) in [6.07, 6.45) is 5.44. The molecule has 0 saturated carbocycles. The fourth-order valence-electron chi connectivity index (χ4n) is 1.54. The molecule has 0 aliphatic rings. The average molecular weight is 225 g/mol. The number of nitrogens with one attached hydrogen (secondary N) is 1. The first-order chi connectivity index (χ1) is 7.86. The summed E-state index contributed by atoms with van der Waals surface area (Å²) < 4.78 is 7.02. The van der Waals surface area contributed by atoms with Crippen LogP contribution in [0.2, 0.25) is 0 Å². The molecule has 92 valence electrons. The van der Waals surface area contributed by atoms with Crippen LogP contribution < -0.4 is 5.32 Å². The zero-order chi connectivity index (χ0) is 11.6. The molecule has 0 aliphatic heterocycles. The molecule has 1 N–H and O–H groups in total. The molecule has 4 nitrogen and oxygen atoms in total. The van der Waals surface area contributed by atoms with Gasteiger partial charge >= 0.3 is 0 Å². The lowest BCUT2D eigenvalue weighted by molar-refractivity contribution is 0.191. The quantitative estimate of drug-likeness (QED) is 0.651. The van der Waals surface area contributed by atoms with Crippen LogP contribution in [0.25, 0.3) is 0 Å². The van der Waals surface area contributed by atoms with Crippen LogP contribution in [-0.2, 0) is 17.8 Å². The predicted molar refractivity (Wildman–Crippen MR) is 65.3 cm³/mol. The van der Waals surface area contributed by atoms with Crippen molar-refractivity contribution in [1.82, 2.24) is 15.1 Å². The van der Waals surface area contributed by atoms with E-state index in [-0.39, 0.29) is 0 Å². The highest BCUT2D eigenvalue weighted by molar-refractivity contribution is 4.98. The molecule has 0 saturated heterocycles. The Balaban J connectivity index is 2.17. The van der Waals surface area contributed by atoms with E-state index in [2.05, 4.69) is 29.6 Å². The second-order valence-electron chi connectivity index (χ2n) is 3.95. The summed E-state index contributed by atoms with van der Waals surface area (Å²) in [5.74, 6) is 0. The summed E-state index contributed by atoms with van der Waals surface area (Å²) in [4.78, 5) is 0. The van der Waals surface area contributed by atoms with Crippen LogP contribution in [0, 0.1) is 0 Å². The Kier molecular flexibility index (Phi) is 6.85. The number of hydrogen-bond donors (Lipinski definition) is 1. The van der Waals surface area contributed by atoms with Crippen molar-refractivity contribution in [3.05, 3.63) is 18.0 Å². The molecule has 1 heterocycles. The van der Waals surface area contributed by atoms with Crippen LogP contribution in [0.4, 0.5) is 0 Å². The molecule has 0 fully saturated rings. The molecule has 16 heavy (non-hydrogen) atoms. The van der Waals surface area contributed by atoms with E-state index in [4.69, 9.17) is 4.74 Å². The molecule has 1 aromatic rings. The van der Waals surface area contributed by atoms with E-state index in [0.717, 1.165) is 51.2 Å². The van der Waals surface area contributed by atoms with Crippen LogP contribution in [-0.4, -0.2) is 30.0 Å². The third kappa shape index (κ3) is 5.28. The van der Waals surface area contributed by atoms with Gasteiger partial charge in [-0.1, -0.05) is 6.92 Å². The molecule has 0 radical (unpaired) electrons. The normalized spacial score (nSPS) is 10.9. The Labute approximate surface area is 98.0 Å². The van der Waals surface area contributed by atoms with Gasteiger partial charge in [0.15, 0.2) is 0 Å². The predicted octanol–water partition coefficient (Wildman–Crippen LogP) is 1.81. The molecule has 0 atom stereocenters. The molecule has 1 aromatic heterocycles. The highest BCUT2D eigenvalue weighted by Crippen LogP contribution is 1.99. The lowest BCUT2D eigenvalue weighted by Crippen LogP contribution is -2.14. The zero-order valence-corrected chi connectivity index (χ0v) is 10.4. The monoisotopic (exact) mass is 225 g/mol. The van der Waals surface area contributed by atoms with E-state index in [1.807, 2.05) is 4.68 Å². The van der Waals surface area contributed by atoms with E-state index < -0.39 is 0 Å². The van der Waals surface area contributed by atoms with Gasteiger partial charge in [-0.25, -0.2) is 0 Å². The van der Waals surface area contributed by atoms with Crippen molar-refractivity contribution in [3.63, 3.8) is 0 Å². The van der Waals surface area contributed by atoms with Crippen LogP contribution in [0.5, 0.6) is 0 Å². The Morgan fingerprint density at radius 1 is 1.44 bits per heavy atom. The minimum Gasteiger partial charge on any atom is -0.385 e. The van der Waals surface area contributed by atoms with Gasteiger partial charge in [0.2, 0.25) is 0 Å². The average Bonchev–Trinajstić information content (AvgIpc) is 2.73. The topological polar surface area (TPSA) is 39.1 Å². The number of nitrogens with zero attached hydrogens (tertiary/aromatic N) is 2. The van der Waals surface area contributed by atoms with Gasteiger partial charge in [0.05, 0.1) is 5.69 Å². The molecule has 0 aliphatic carbocycles. The smallest absolute Gasteiger partial charge is 0.0762 e. The van der Waals surface area contributed by atoms with E-state index in [1.54, 1.807) is 7.11 Å². The number of hydrogen-bond acceptors (Lipinski definition) is 3. The molecular weight excluding hydrogens is 202 g/mol. The Morgan fingerprint density at radius 3 is 3.06 bits per heavy atom. The highest BCUT2D eigenvalue weighted by atomic mass is 16.5. The van der Waals surface area contributed by atoms with E-state index >= 15 is 0 Å². The largest absolute Gasteiger partial charge is 0.385 e. The van der Waals surface area contributed by atoms with E-state index in [1.165, 1.54) is 0 Å². The molecule has 0 bridgehead atoms. The number of rotatable bonds is 9. The minimum atomic E-state index is 0.839. The van der Waals surface area contributed by atoms with Gasteiger partial charge in [-0.3, -0.25) is 4.68 Å². The summed E-state index contributed by atoms with van der Waals surface area (Å²) in [6.45, 7) is 5.92. The molecular formula is C12H23N3O. The van der Waals surface area contributed by atoms with Crippen molar-refractivity contribution in [2.24, 2.45) is 0 Å². The van der Waals surface area contributed by atoms with Crippen molar-refractivity contribution in [2.45, 2.75) is 39.3 Å². The lowest BCUT2D eigenvalue weighted by atomic mass is 10.3. The van der Waals surface area contributed by atoms with Crippen molar-refractivity contribution < 1.29 is 4.74 Å². The van der Waals surface area contributed by atoms with Crippen molar-refractivity contribution in [1.29, 1.82) is 0 Å². The van der Waals surface area contributed by atoms with Crippen LogP contribution in [0.15, 0.2) is 12.3 Å². The second kappa shape index (κ2) is 8.30. The van der Waals surface area contributed by atoms with Gasteiger partial charge in [-0.2, -0.15) is 5.10 Å². The molecule has 0 amide bonds. The van der Waals surface area contributed by atoms with Crippen LogP contribution in [0.1, 0.15) is 31.9 Å². The number of unbranched alkanes of at least 4 members (excludes halogenated alkanes) is 1. The van der Waals surface area contributed by atoms with Crippen molar-refractivity contribution in [3.8, 4) is 0 Å². The zero-order valence-electron chi connectivity index (χ0n) is 10.4. The fraction of sp³-hybridized carbons (Fsp3) is 0.750. The number of aryl methyl sites for hydroxylation is 1. The summed E-state index contributed by atoms with van der Waals surface area (Å²) in [6, 6.07) is 2.08. The van der Waals surface area contributed by atoms with Crippen LogP contribution >= 0.6 is 0 Å². The first-order valence-electron chi connectivity index (χ1n) is 6.08. The molecule has 0 aromatic carbocycles. The maximum Gasteiger partial charge on any atom is 0.0762 e. The maximum absolute atomic E-state index is 5.01. The maximum atomic E-state index is 5.01. The Bertz CT molecular complexity index is 273. The molecule has 1 rings (SSSR count). The number of methoxy groups -OCH3 is 1. The SMILES string of the molecule is CCCNCc1ccn(CCCCOC)n1. The van der Waals surface area contributed by atoms with E-state index in [0.29, 0.717) is 0 Å². The Hall–Kier alpha value is -0.870. The van der Waals surface area contributed by atoms with E-state index in [9.17, 15) is 0 Å². The van der Waals surface area contributed by atoms with Gasteiger partial charge in [-0.15, -0.1) is 0 Å². The molecule has 4 heteroatoms. The number of ether oxygens (including phenoxy) is 1. The minimum absolute atomic E-state index is 0.839. The number of aromatic nitrogens is 2. The highest BCUT2D eigenvalue weighted by Gasteiger charge is 1.98. The van der Waals surface area contributed by atoms with Gasteiger partial charge in [-0.05, 0) is 31.9 Å². The second-order valence-corrected chi connectivity index (χ2v) is 3.95. The molecule has 0 unspecified atom stereocenters. The van der Waals surface area contributed by atoms with Gasteiger partial charge in [0, 0.05) is 33.0 Å². The Morgan fingerprint density at radius 2 is 2.31 bits per heavy atom. The van der Waals surface area contributed by atoms with Crippen molar-refractivity contribution >= 4 is 0 Å². The summed E-state index contributed by atoms with van der Waals surface area (Å²) in [5.41, 5.74) is 1.13. The van der Waals surface area contributed by atoms with Gasteiger partial charge in [0.1, 0.15) is 0 Å². The standard InChI is InChI=1S/C12H23N3O/c1-3-7-13-11-12-6-9-15(14-12)8-4-5-10-16-2/h6,9,13H,3-5,7-8,10-11H2,1-2H3.